The van der Waals surface area contributed by atoms with E-state index in [0.29, 0.717) is 23.0 Å². The van der Waals surface area contributed by atoms with Gasteiger partial charge in [0, 0.05) is 17.1 Å². The van der Waals surface area contributed by atoms with Crippen LogP contribution in [-0.2, 0) is 4.79 Å². The Kier molecular flexibility index (Phi) is 2.78. The Morgan fingerprint density at radius 2 is 1.82 bits per heavy atom. The number of hydrogen-bond acceptors (Lipinski definition) is 5. The highest BCUT2D eigenvalue weighted by molar-refractivity contribution is 6.10. The van der Waals surface area contributed by atoms with Crippen molar-refractivity contribution in [3.8, 4) is 0 Å². The zero-order chi connectivity index (χ0) is 14.9. The predicted molar refractivity (Wildman–Crippen MR) is 84.4 cm³/mol. The van der Waals surface area contributed by atoms with Crippen LogP contribution in [0.1, 0.15) is 11.4 Å². The maximum absolute atomic E-state index is 11.2. The Bertz CT molecular complexity index is 971. The van der Waals surface area contributed by atoms with Gasteiger partial charge in [-0.2, -0.15) is 0 Å². The summed E-state index contributed by atoms with van der Waals surface area (Å²) < 4.78 is 0. The summed E-state index contributed by atoms with van der Waals surface area (Å²) in [6.07, 6.45) is 1.74. The molecule has 22 heavy (non-hydrogen) atoms. The SMILES string of the molecule is O=C=C1NC(c2ncc3ccccc3n2)=Nc2ccccc21. The van der Waals surface area contributed by atoms with Gasteiger partial charge >= 0.3 is 0 Å². The molecule has 3 aromatic rings. The van der Waals surface area contributed by atoms with E-state index in [0.717, 1.165) is 16.5 Å². The maximum atomic E-state index is 11.2. The number of nitrogens with one attached hydrogen (secondary N) is 1. The third-order valence-electron chi connectivity index (χ3n) is 3.45. The highest BCUT2D eigenvalue weighted by atomic mass is 16.1. The van der Waals surface area contributed by atoms with Gasteiger partial charge in [-0.15, -0.1) is 0 Å². The fourth-order valence-electron chi connectivity index (χ4n) is 2.39. The van der Waals surface area contributed by atoms with Crippen molar-refractivity contribution in [2.24, 2.45) is 4.99 Å². The van der Waals surface area contributed by atoms with Crippen molar-refractivity contribution < 1.29 is 4.79 Å². The van der Waals surface area contributed by atoms with Gasteiger partial charge in [0.1, 0.15) is 5.70 Å². The number of carbonyl (C=O) groups excluding carboxylic acids is 1. The van der Waals surface area contributed by atoms with Gasteiger partial charge in [0.25, 0.3) is 0 Å². The van der Waals surface area contributed by atoms with Gasteiger partial charge in [0.2, 0.25) is 0 Å². The van der Waals surface area contributed by atoms with Crippen LogP contribution in [0.5, 0.6) is 0 Å². The van der Waals surface area contributed by atoms with Gasteiger partial charge < -0.3 is 5.32 Å². The van der Waals surface area contributed by atoms with Crippen LogP contribution < -0.4 is 5.32 Å². The first-order chi connectivity index (χ1) is 10.8. The van der Waals surface area contributed by atoms with E-state index in [1.54, 1.807) is 6.20 Å². The molecule has 0 bridgehead atoms. The van der Waals surface area contributed by atoms with E-state index in [-0.39, 0.29) is 0 Å². The predicted octanol–water partition coefficient (Wildman–Crippen LogP) is 2.48. The summed E-state index contributed by atoms with van der Waals surface area (Å²) in [7, 11) is 0. The molecule has 0 fully saturated rings. The van der Waals surface area contributed by atoms with Crippen LogP contribution in [0.4, 0.5) is 5.69 Å². The molecule has 0 atom stereocenters. The van der Waals surface area contributed by atoms with E-state index in [1.807, 2.05) is 54.5 Å². The minimum Gasteiger partial charge on any atom is -0.327 e. The highest BCUT2D eigenvalue weighted by Gasteiger charge is 2.19. The van der Waals surface area contributed by atoms with Crippen LogP contribution in [0.3, 0.4) is 0 Å². The summed E-state index contributed by atoms with van der Waals surface area (Å²) in [5.74, 6) is 2.81. The summed E-state index contributed by atoms with van der Waals surface area (Å²) in [6, 6.07) is 15.1. The first-order valence-corrected chi connectivity index (χ1v) is 6.77. The van der Waals surface area contributed by atoms with Gasteiger partial charge in [-0.05, 0) is 18.2 Å². The van der Waals surface area contributed by atoms with Crippen LogP contribution >= 0.6 is 0 Å². The second-order valence-electron chi connectivity index (χ2n) is 4.83. The third kappa shape index (κ3) is 1.97. The smallest absolute Gasteiger partial charge is 0.196 e. The molecule has 0 aliphatic carbocycles. The summed E-state index contributed by atoms with van der Waals surface area (Å²) in [5.41, 5.74) is 2.60. The summed E-state index contributed by atoms with van der Waals surface area (Å²) in [6.45, 7) is 0. The lowest BCUT2D eigenvalue weighted by Crippen LogP contribution is -2.28. The zero-order valence-corrected chi connectivity index (χ0v) is 11.4. The van der Waals surface area contributed by atoms with Gasteiger partial charge in [0.05, 0.1) is 11.2 Å². The summed E-state index contributed by atoms with van der Waals surface area (Å²) in [4.78, 5) is 24.5. The lowest BCUT2D eigenvalue weighted by molar-refractivity contribution is 0.569. The van der Waals surface area contributed by atoms with Crippen LogP contribution in [-0.4, -0.2) is 21.7 Å². The number of para-hydroxylation sites is 2. The van der Waals surface area contributed by atoms with E-state index >= 15 is 0 Å². The average molecular weight is 286 g/mol. The number of nitrogens with zero attached hydrogens (tertiary/aromatic N) is 3. The first-order valence-electron chi connectivity index (χ1n) is 6.77. The molecule has 0 saturated carbocycles. The monoisotopic (exact) mass is 286 g/mol. The molecule has 1 aliphatic rings. The zero-order valence-electron chi connectivity index (χ0n) is 11.4. The molecule has 0 radical (unpaired) electrons. The fraction of sp³-hybridized carbons (Fsp3) is 0. The second-order valence-corrected chi connectivity index (χ2v) is 4.83. The molecule has 1 aromatic heterocycles. The molecule has 2 aromatic carbocycles. The Morgan fingerprint density at radius 3 is 2.73 bits per heavy atom. The molecular formula is C17H10N4O. The number of aromatic nitrogens is 2. The van der Waals surface area contributed by atoms with Crippen molar-refractivity contribution in [2.75, 3.05) is 0 Å². The van der Waals surface area contributed by atoms with Crippen molar-refractivity contribution in [3.05, 3.63) is 66.1 Å². The Labute approximate surface area is 126 Å². The molecule has 4 rings (SSSR count). The maximum Gasteiger partial charge on any atom is 0.196 e. The van der Waals surface area contributed by atoms with E-state index in [2.05, 4.69) is 20.3 Å². The lowest BCUT2D eigenvalue weighted by Gasteiger charge is -2.17. The molecule has 2 heterocycles. The van der Waals surface area contributed by atoms with Crippen molar-refractivity contribution in [2.45, 2.75) is 0 Å². The third-order valence-corrected chi connectivity index (χ3v) is 3.45. The highest BCUT2D eigenvalue weighted by Crippen LogP contribution is 2.27. The Hall–Kier alpha value is -3.30. The number of benzene rings is 2. The minimum atomic E-state index is 0.345. The van der Waals surface area contributed by atoms with Crippen LogP contribution in [0, 0.1) is 0 Å². The van der Waals surface area contributed by atoms with Crippen molar-refractivity contribution in [1.29, 1.82) is 0 Å². The molecule has 0 amide bonds. The molecule has 0 saturated heterocycles. The molecule has 104 valence electrons. The number of amidine groups is 1. The molecule has 0 spiro atoms. The molecule has 0 unspecified atom stereocenters. The van der Waals surface area contributed by atoms with Crippen LogP contribution in [0.2, 0.25) is 0 Å². The molecule has 5 nitrogen and oxygen atoms in total. The topological polar surface area (TPSA) is 67.2 Å². The Morgan fingerprint density at radius 1 is 1.00 bits per heavy atom. The van der Waals surface area contributed by atoms with Gasteiger partial charge in [-0.3, -0.25) is 0 Å². The van der Waals surface area contributed by atoms with Crippen molar-refractivity contribution in [1.82, 2.24) is 15.3 Å². The van der Waals surface area contributed by atoms with Crippen LogP contribution in [0.15, 0.2) is 59.7 Å². The molecule has 1 N–H and O–H groups in total. The Balaban J connectivity index is 1.88. The lowest BCUT2D eigenvalue weighted by atomic mass is 10.1. The van der Waals surface area contributed by atoms with Gasteiger partial charge in [-0.25, -0.2) is 19.8 Å². The van der Waals surface area contributed by atoms with E-state index in [9.17, 15) is 4.79 Å². The van der Waals surface area contributed by atoms with E-state index < -0.39 is 0 Å². The number of fused-ring (bicyclic) bond motifs is 2. The number of rotatable bonds is 1. The van der Waals surface area contributed by atoms with Crippen molar-refractivity contribution >= 4 is 34.1 Å². The minimum absolute atomic E-state index is 0.345. The van der Waals surface area contributed by atoms with E-state index in [4.69, 9.17) is 0 Å². The fourth-order valence-corrected chi connectivity index (χ4v) is 2.39. The normalized spacial score (nSPS) is 13.1. The summed E-state index contributed by atoms with van der Waals surface area (Å²) >= 11 is 0. The summed E-state index contributed by atoms with van der Waals surface area (Å²) in [5, 5.41) is 3.91. The first kappa shape index (κ1) is 12.4. The van der Waals surface area contributed by atoms with Crippen molar-refractivity contribution in [3.63, 3.8) is 0 Å². The molecular weight excluding hydrogens is 276 g/mol. The average Bonchev–Trinajstić information content (AvgIpc) is 2.60. The standard InChI is InChI=1S/C17H10N4O/c22-10-15-12-6-2-4-8-14(12)20-17(21-15)16-18-9-11-5-1-3-7-13(11)19-16/h1-9H,(H,20,21). The largest absolute Gasteiger partial charge is 0.327 e. The number of aliphatic imine (C=N–C) groups is 1. The number of hydrogen-bond donors (Lipinski definition) is 1. The van der Waals surface area contributed by atoms with Gasteiger partial charge in [-0.1, -0.05) is 30.3 Å². The molecule has 1 aliphatic heterocycles. The van der Waals surface area contributed by atoms with E-state index in [1.165, 1.54) is 0 Å². The molecule has 5 heteroatoms. The quantitative estimate of drug-likeness (QED) is 0.698. The van der Waals surface area contributed by atoms with Gasteiger partial charge in [0.15, 0.2) is 17.6 Å². The second kappa shape index (κ2) is 4.91. The van der Waals surface area contributed by atoms with Crippen LogP contribution in [0.25, 0.3) is 16.6 Å².